The fourth-order valence-corrected chi connectivity index (χ4v) is 2.83. The lowest BCUT2D eigenvalue weighted by Crippen LogP contribution is -2.30. The van der Waals surface area contributed by atoms with Crippen molar-refractivity contribution in [2.45, 2.75) is 18.8 Å². The second-order valence-electron chi connectivity index (χ2n) is 5.43. The SMILES string of the molecule is CS(=O)(=O)NCCCNC(=O)[C@@H]1C[C@H]1c1ccc(F)cc1F. The van der Waals surface area contributed by atoms with Crippen LogP contribution in [0.5, 0.6) is 0 Å². The van der Waals surface area contributed by atoms with Gasteiger partial charge < -0.3 is 5.32 Å². The number of amides is 1. The Hall–Kier alpha value is -1.54. The maximum Gasteiger partial charge on any atom is 0.223 e. The summed E-state index contributed by atoms with van der Waals surface area (Å²) in [6, 6.07) is 3.38. The summed E-state index contributed by atoms with van der Waals surface area (Å²) in [6.45, 7) is 0.594. The zero-order valence-electron chi connectivity index (χ0n) is 12.1. The maximum absolute atomic E-state index is 13.6. The summed E-state index contributed by atoms with van der Waals surface area (Å²) in [6.07, 6.45) is 2.08. The van der Waals surface area contributed by atoms with Gasteiger partial charge in [-0.15, -0.1) is 0 Å². The molecule has 1 aromatic carbocycles. The number of carbonyl (C=O) groups is 1. The molecule has 0 aromatic heterocycles. The van der Waals surface area contributed by atoms with Gasteiger partial charge in [0.2, 0.25) is 15.9 Å². The summed E-state index contributed by atoms with van der Waals surface area (Å²) < 4.78 is 50.5. The average molecular weight is 332 g/mol. The van der Waals surface area contributed by atoms with E-state index < -0.39 is 21.7 Å². The van der Waals surface area contributed by atoms with E-state index in [1.165, 1.54) is 12.1 Å². The quantitative estimate of drug-likeness (QED) is 0.735. The summed E-state index contributed by atoms with van der Waals surface area (Å²) in [5.41, 5.74) is 0.361. The largest absolute Gasteiger partial charge is 0.356 e. The van der Waals surface area contributed by atoms with Crippen molar-refractivity contribution in [3.8, 4) is 0 Å². The van der Waals surface area contributed by atoms with Crippen molar-refractivity contribution < 1.29 is 22.0 Å². The Labute approximate surface area is 128 Å². The molecule has 2 atom stereocenters. The van der Waals surface area contributed by atoms with Gasteiger partial charge in [-0.1, -0.05) is 6.07 Å². The van der Waals surface area contributed by atoms with Gasteiger partial charge in [0, 0.05) is 25.1 Å². The minimum absolute atomic E-state index is 0.187. The van der Waals surface area contributed by atoms with Gasteiger partial charge in [0.1, 0.15) is 11.6 Å². The molecule has 8 heteroatoms. The minimum atomic E-state index is -3.22. The van der Waals surface area contributed by atoms with E-state index in [4.69, 9.17) is 0 Å². The third-order valence-corrected chi connectivity index (χ3v) is 4.23. The molecular formula is C14H18F2N2O3S. The van der Waals surface area contributed by atoms with Gasteiger partial charge in [-0.3, -0.25) is 4.79 Å². The van der Waals surface area contributed by atoms with E-state index >= 15 is 0 Å². The highest BCUT2D eigenvalue weighted by atomic mass is 32.2. The number of hydrogen-bond acceptors (Lipinski definition) is 3. The number of sulfonamides is 1. The first-order chi connectivity index (χ1) is 10.3. The highest BCUT2D eigenvalue weighted by molar-refractivity contribution is 7.88. The molecule has 5 nitrogen and oxygen atoms in total. The van der Waals surface area contributed by atoms with Crippen LogP contribution in [0.15, 0.2) is 18.2 Å². The van der Waals surface area contributed by atoms with Crippen LogP contribution in [0.2, 0.25) is 0 Å². The number of halogens is 2. The van der Waals surface area contributed by atoms with E-state index in [9.17, 15) is 22.0 Å². The molecular weight excluding hydrogens is 314 g/mol. The first-order valence-electron chi connectivity index (χ1n) is 6.95. The van der Waals surface area contributed by atoms with Crippen LogP contribution in [-0.2, 0) is 14.8 Å². The summed E-state index contributed by atoms with van der Waals surface area (Å²) in [7, 11) is -3.22. The first kappa shape index (κ1) is 16.8. The second kappa shape index (κ2) is 6.70. The normalized spacial score (nSPS) is 20.7. The summed E-state index contributed by atoms with van der Waals surface area (Å²) in [4.78, 5) is 11.9. The number of carbonyl (C=O) groups excluding carboxylic acids is 1. The molecule has 0 aliphatic heterocycles. The molecule has 1 saturated carbocycles. The molecule has 122 valence electrons. The number of benzene rings is 1. The lowest BCUT2D eigenvalue weighted by molar-refractivity contribution is -0.122. The van der Waals surface area contributed by atoms with Crippen molar-refractivity contribution in [1.29, 1.82) is 0 Å². The predicted octanol–water partition coefficient (Wildman–Crippen LogP) is 1.12. The fourth-order valence-electron chi connectivity index (χ4n) is 2.32. The molecule has 0 radical (unpaired) electrons. The molecule has 1 amide bonds. The Bertz CT molecular complexity index is 664. The van der Waals surface area contributed by atoms with Crippen LogP contribution in [-0.4, -0.2) is 33.7 Å². The summed E-state index contributed by atoms with van der Waals surface area (Å²) in [5, 5.41) is 2.69. The lowest BCUT2D eigenvalue weighted by Gasteiger charge is -2.06. The Morgan fingerprint density at radius 2 is 2.05 bits per heavy atom. The van der Waals surface area contributed by atoms with Crippen molar-refractivity contribution in [1.82, 2.24) is 10.0 Å². The van der Waals surface area contributed by atoms with Crippen molar-refractivity contribution in [3.63, 3.8) is 0 Å². The molecule has 0 saturated heterocycles. The third kappa shape index (κ3) is 4.74. The van der Waals surface area contributed by atoms with Gasteiger partial charge in [-0.2, -0.15) is 0 Å². The molecule has 0 unspecified atom stereocenters. The van der Waals surface area contributed by atoms with Crippen LogP contribution in [0.4, 0.5) is 8.78 Å². The molecule has 2 N–H and O–H groups in total. The molecule has 1 aliphatic rings. The number of rotatable bonds is 7. The van der Waals surface area contributed by atoms with Crippen molar-refractivity contribution >= 4 is 15.9 Å². The smallest absolute Gasteiger partial charge is 0.223 e. The molecule has 0 heterocycles. The molecule has 1 fully saturated rings. The van der Waals surface area contributed by atoms with E-state index in [0.29, 0.717) is 24.9 Å². The van der Waals surface area contributed by atoms with Gasteiger partial charge in [0.25, 0.3) is 0 Å². The zero-order valence-corrected chi connectivity index (χ0v) is 12.9. The van der Waals surface area contributed by atoms with Gasteiger partial charge in [0.15, 0.2) is 0 Å². The van der Waals surface area contributed by atoms with Gasteiger partial charge in [-0.25, -0.2) is 21.9 Å². The molecule has 22 heavy (non-hydrogen) atoms. The van der Waals surface area contributed by atoms with Gasteiger partial charge >= 0.3 is 0 Å². The monoisotopic (exact) mass is 332 g/mol. The lowest BCUT2D eigenvalue weighted by atomic mass is 10.1. The van der Waals surface area contributed by atoms with Crippen molar-refractivity contribution in [2.24, 2.45) is 5.92 Å². The van der Waals surface area contributed by atoms with Crippen LogP contribution in [0.3, 0.4) is 0 Å². The average Bonchev–Trinajstić information content (AvgIpc) is 3.17. The highest BCUT2D eigenvalue weighted by Crippen LogP contribution is 2.48. The van der Waals surface area contributed by atoms with Crippen LogP contribution >= 0.6 is 0 Å². The van der Waals surface area contributed by atoms with E-state index in [1.54, 1.807) is 0 Å². The maximum atomic E-state index is 13.6. The minimum Gasteiger partial charge on any atom is -0.356 e. The second-order valence-corrected chi connectivity index (χ2v) is 7.26. The van der Waals surface area contributed by atoms with Crippen molar-refractivity contribution in [3.05, 3.63) is 35.4 Å². The van der Waals surface area contributed by atoms with Gasteiger partial charge in [0.05, 0.1) is 6.26 Å². The summed E-state index contributed by atoms with van der Waals surface area (Å²) in [5.74, 6) is -1.97. The highest BCUT2D eigenvalue weighted by Gasteiger charge is 2.45. The van der Waals surface area contributed by atoms with Crippen LogP contribution < -0.4 is 10.0 Å². The molecule has 1 aliphatic carbocycles. The summed E-state index contributed by atoms with van der Waals surface area (Å²) >= 11 is 0. The molecule has 1 aromatic rings. The number of nitrogens with one attached hydrogen (secondary N) is 2. The van der Waals surface area contributed by atoms with Crippen LogP contribution in [0, 0.1) is 17.6 Å². The Morgan fingerprint density at radius 3 is 2.68 bits per heavy atom. The standard InChI is InChI=1S/C14H18F2N2O3S/c1-22(20,21)18-6-2-5-17-14(19)12-8-11(12)10-4-3-9(15)7-13(10)16/h3-4,7,11-12,18H,2,5-6,8H2,1H3,(H,17,19)/t11-,12+/m0/s1. The fraction of sp³-hybridized carbons (Fsp3) is 0.500. The van der Waals surface area contributed by atoms with E-state index in [2.05, 4.69) is 10.0 Å². The first-order valence-corrected chi connectivity index (χ1v) is 8.84. The topological polar surface area (TPSA) is 75.3 Å². The van der Waals surface area contributed by atoms with E-state index in [0.717, 1.165) is 12.3 Å². The van der Waals surface area contributed by atoms with E-state index in [1.807, 2.05) is 0 Å². The number of hydrogen-bond donors (Lipinski definition) is 2. The molecule has 0 bridgehead atoms. The Kier molecular flexibility index (Phi) is 5.12. The van der Waals surface area contributed by atoms with Gasteiger partial charge in [-0.05, 0) is 30.4 Å². The predicted molar refractivity (Wildman–Crippen MR) is 77.7 cm³/mol. The molecule has 0 spiro atoms. The van der Waals surface area contributed by atoms with Crippen LogP contribution in [0.1, 0.15) is 24.3 Å². The van der Waals surface area contributed by atoms with Crippen LogP contribution in [0.25, 0.3) is 0 Å². The van der Waals surface area contributed by atoms with E-state index in [-0.39, 0.29) is 24.3 Å². The molecule has 2 rings (SSSR count). The Morgan fingerprint density at radius 1 is 1.32 bits per heavy atom. The Balaban J connectivity index is 1.74. The third-order valence-electron chi connectivity index (χ3n) is 3.51. The zero-order chi connectivity index (χ0) is 16.3. The van der Waals surface area contributed by atoms with Crippen molar-refractivity contribution in [2.75, 3.05) is 19.3 Å².